The minimum absolute atomic E-state index is 0.304. The van der Waals surface area contributed by atoms with Gasteiger partial charge in [-0.2, -0.15) is 0 Å². The second-order valence-electron chi connectivity index (χ2n) is 7.13. The Balaban J connectivity index is 1.85. The van der Waals surface area contributed by atoms with Crippen molar-refractivity contribution in [1.29, 1.82) is 0 Å². The number of carbonyl (C=O) groups is 1. The summed E-state index contributed by atoms with van der Waals surface area (Å²) in [5, 5.41) is 6.47. The highest BCUT2D eigenvalue weighted by atomic mass is 16.6. The lowest BCUT2D eigenvalue weighted by atomic mass is 9.95. The Kier molecular flexibility index (Phi) is 8.74. The lowest BCUT2D eigenvalue weighted by molar-refractivity contribution is 0.0527. The molecule has 1 aliphatic rings. The summed E-state index contributed by atoms with van der Waals surface area (Å²) in [6.07, 6.45) is 11.3. The highest BCUT2D eigenvalue weighted by Gasteiger charge is 2.15. The predicted octanol–water partition coefficient (Wildman–Crippen LogP) is 3.99. The maximum atomic E-state index is 11.4. The van der Waals surface area contributed by atoms with Gasteiger partial charge < -0.3 is 15.4 Å². The summed E-state index contributed by atoms with van der Waals surface area (Å²) in [7, 11) is 0. The fourth-order valence-corrected chi connectivity index (χ4v) is 2.72. The van der Waals surface area contributed by atoms with Crippen LogP contribution in [0.4, 0.5) is 4.79 Å². The molecule has 0 aromatic heterocycles. The molecule has 21 heavy (non-hydrogen) atoms. The lowest BCUT2D eigenvalue weighted by Gasteiger charge is -2.22. The van der Waals surface area contributed by atoms with E-state index in [9.17, 15) is 4.79 Å². The molecule has 1 fully saturated rings. The zero-order valence-electron chi connectivity index (χ0n) is 14.2. The maximum Gasteiger partial charge on any atom is 0.407 e. The number of ether oxygens (including phenoxy) is 1. The van der Waals surface area contributed by atoms with Gasteiger partial charge in [0.05, 0.1) is 0 Å². The van der Waals surface area contributed by atoms with Crippen LogP contribution in [0.1, 0.15) is 78.6 Å². The third-order valence-electron chi connectivity index (χ3n) is 3.81. The molecule has 4 nitrogen and oxygen atoms in total. The number of hydrogen-bond donors (Lipinski definition) is 2. The Labute approximate surface area is 130 Å². The number of amides is 1. The highest BCUT2D eigenvalue weighted by Crippen LogP contribution is 2.17. The molecule has 0 saturated heterocycles. The third-order valence-corrected chi connectivity index (χ3v) is 3.81. The van der Waals surface area contributed by atoms with E-state index in [1.54, 1.807) is 0 Å². The number of hydrogen-bond acceptors (Lipinski definition) is 3. The van der Waals surface area contributed by atoms with Crippen LogP contribution in [0, 0.1) is 0 Å². The molecule has 0 aromatic carbocycles. The first-order valence-electron chi connectivity index (χ1n) is 8.67. The smallest absolute Gasteiger partial charge is 0.407 e. The van der Waals surface area contributed by atoms with Crippen LogP contribution in [0.25, 0.3) is 0 Å². The molecule has 124 valence electrons. The Morgan fingerprint density at radius 3 is 2.24 bits per heavy atom. The zero-order chi connectivity index (χ0) is 15.6. The summed E-state index contributed by atoms with van der Waals surface area (Å²) in [5.41, 5.74) is -0.408. The van der Waals surface area contributed by atoms with E-state index in [-0.39, 0.29) is 6.09 Å². The van der Waals surface area contributed by atoms with Crippen LogP contribution in [0.15, 0.2) is 0 Å². The summed E-state index contributed by atoms with van der Waals surface area (Å²) < 4.78 is 5.19. The van der Waals surface area contributed by atoms with Crippen LogP contribution >= 0.6 is 0 Å². The van der Waals surface area contributed by atoms with Crippen LogP contribution in [0.5, 0.6) is 0 Å². The first kappa shape index (κ1) is 18.3. The summed E-state index contributed by atoms with van der Waals surface area (Å²) in [6.45, 7) is 7.50. The first-order chi connectivity index (χ1) is 9.97. The van der Waals surface area contributed by atoms with Crippen LogP contribution in [-0.4, -0.2) is 30.8 Å². The van der Waals surface area contributed by atoms with Crippen molar-refractivity contribution in [3.63, 3.8) is 0 Å². The van der Waals surface area contributed by atoms with Crippen molar-refractivity contribution in [2.45, 2.75) is 90.2 Å². The van der Waals surface area contributed by atoms with E-state index < -0.39 is 5.60 Å². The van der Waals surface area contributed by atoms with Gasteiger partial charge in [0.25, 0.3) is 0 Å². The quantitative estimate of drug-likeness (QED) is 0.666. The van der Waals surface area contributed by atoms with E-state index in [1.165, 1.54) is 51.4 Å². The highest BCUT2D eigenvalue weighted by molar-refractivity contribution is 5.67. The number of nitrogens with one attached hydrogen (secondary N) is 2. The van der Waals surface area contributed by atoms with E-state index >= 15 is 0 Å². The molecular formula is C17H34N2O2. The van der Waals surface area contributed by atoms with Gasteiger partial charge in [0.1, 0.15) is 5.60 Å². The summed E-state index contributed by atoms with van der Waals surface area (Å²) in [5.74, 6) is 0. The molecule has 0 aromatic rings. The number of alkyl carbamates (subject to hydrolysis) is 1. The van der Waals surface area contributed by atoms with Gasteiger partial charge in [0.2, 0.25) is 0 Å². The van der Waals surface area contributed by atoms with Gasteiger partial charge in [0.15, 0.2) is 0 Å². The van der Waals surface area contributed by atoms with Crippen molar-refractivity contribution in [2.24, 2.45) is 0 Å². The van der Waals surface area contributed by atoms with Crippen molar-refractivity contribution in [3.05, 3.63) is 0 Å². The molecule has 0 heterocycles. The van der Waals surface area contributed by atoms with Crippen molar-refractivity contribution in [1.82, 2.24) is 10.6 Å². The second kappa shape index (κ2) is 10.0. The van der Waals surface area contributed by atoms with E-state index in [0.717, 1.165) is 19.0 Å². The molecule has 0 atom stereocenters. The van der Waals surface area contributed by atoms with Crippen molar-refractivity contribution in [3.8, 4) is 0 Å². The molecule has 2 N–H and O–H groups in total. The van der Waals surface area contributed by atoms with Crippen LogP contribution in [-0.2, 0) is 4.74 Å². The minimum atomic E-state index is -0.408. The van der Waals surface area contributed by atoms with Gasteiger partial charge in [-0.1, -0.05) is 32.1 Å². The molecular weight excluding hydrogens is 264 g/mol. The molecule has 0 bridgehead atoms. The molecule has 4 heteroatoms. The standard InChI is InChI=1S/C17H34N2O2/c1-17(2,3)21-16(20)19-14-10-5-4-9-13-18-15-11-7-6-8-12-15/h15,18H,4-14H2,1-3H3,(H,19,20). The average molecular weight is 298 g/mol. The Morgan fingerprint density at radius 1 is 1.00 bits per heavy atom. The van der Waals surface area contributed by atoms with Crippen molar-refractivity contribution < 1.29 is 9.53 Å². The van der Waals surface area contributed by atoms with Crippen LogP contribution in [0.3, 0.4) is 0 Å². The topological polar surface area (TPSA) is 50.4 Å². The van der Waals surface area contributed by atoms with E-state index in [4.69, 9.17) is 4.74 Å². The second-order valence-corrected chi connectivity index (χ2v) is 7.13. The molecule has 0 unspecified atom stereocenters. The number of unbranched alkanes of at least 4 members (excludes halogenated alkanes) is 3. The summed E-state index contributed by atoms with van der Waals surface area (Å²) in [6, 6.07) is 0.771. The van der Waals surface area contributed by atoms with Crippen molar-refractivity contribution >= 4 is 6.09 Å². The van der Waals surface area contributed by atoms with Crippen LogP contribution in [0.2, 0.25) is 0 Å². The van der Waals surface area contributed by atoms with E-state index in [0.29, 0.717) is 6.54 Å². The largest absolute Gasteiger partial charge is 0.444 e. The third kappa shape index (κ3) is 10.6. The Morgan fingerprint density at radius 2 is 1.62 bits per heavy atom. The van der Waals surface area contributed by atoms with E-state index in [2.05, 4.69) is 10.6 Å². The molecule has 1 aliphatic carbocycles. The van der Waals surface area contributed by atoms with Gasteiger partial charge in [-0.15, -0.1) is 0 Å². The Bertz CT molecular complexity index is 281. The fourth-order valence-electron chi connectivity index (χ4n) is 2.72. The van der Waals surface area contributed by atoms with Crippen LogP contribution < -0.4 is 10.6 Å². The van der Waals surface area contributed by atoms with Gasteiger partial charge in [0, 0.05) is 12.6 Å². The molecule has 0 aliphatic heterocycles. The normalized spacial score (nSPS) is 16.7. The Hall–Kier alpha value is -0.770. The monoisotopic (exact) mass is 298 g/mol. The SMILES string of the molecule is CC(C)(C)OC(=O)NCCCCCCNC1CCCCC1. The predicted molar refractivity (Wildman–Crippen MR) is 87.6 cm³/mol. The van der Waals surface area contributed by atoms with Gasteiger partial charge in [-0.3, -0.25) is 0 Å². The molecule has 1 rings (SSSR count). The zero-order valence-corrected chi connectivity index (χ0v) is 14.2. The molecule has 0 spiro atoms. The number of rotatable bonds is 8. The molecule has 0 radical (unpaired) electrons. The van der Waals surface area contributed by atoms with Gasteiger partial charge in [-0.05, 0) is 53.0 Å². The summed E-state index contributed by atoms with van der Waals surface area (Å²) in [4.78, 5) is 11.4. The van der Waals surface area contributed by atoms with Crippen molar-refractivity contribution in [2.75, 3.05) is 13.1 Å². The lowest BCUT2D eigenvalue weighted by Crippen LogP contribution is -2.33. The minimum Gasteiger partial charge on any atom is -0.444 e. The molecule has 1 amide bonds. The van der Waals surface area contributed by atoms with Gasteiger partial charge >= 0.3 is 6.09 Å². The first-order valence-corrected chi connectivity index (χ1v) is 8.67. The van der Waals surface area contributed by atoms with Gasteiger partial charge in [-0.25, -0.2) is 4.79 Å². The summed E-state index contributed by atoms with van der Waals surface area (Å²) >= 11 is 0. The average Bonchev–Trinajstić information content (AvgIpc) is 2.41. The molecule has 1 saturated carbocycles. The van der Waals surface area contributed by atoms with E-state index in [1.807, 2.05) is 20.8 Å². The number of carbonyl (C=O) groups excluding carboxylic acids is 1. The fraction of sp³-hybridized carbons (Fsp3) is 0.941. The maximum absolute atomic E-state index is 11.4.